The highest BCUT2D eigenvalue weighted by atomic mass is 19.2. The number of Topliss-reactive ketones (excluding diaryl/α,β-unsaturated/α-hetero) is 1. The van der Waals surface area contributed by atoms with Crippen molar-refractivity contribution in [3.63, 3.8) is 0 Å². The van der Waals surface area contributed by atoms with Crippen LogP contribution in [0.15, 0.2) is 18.2 Å². The molecule has 0 aromatic heterocycles. The van der Waals surface area contributed by atoms with Gasteiger partial charge in [-0.2, -0.15) is 0 Å². The summed E-state index contributed by atoms with van der Waals surface area (Å²) in [5.74, 6) is -1.78. The highest BCUT2D eigenvalue weighted by Gasteiger charge is 2.45. The predicted molar refractivity (Wildman–Crippen MR) is 91.0 cm³/mol. The van der Waals surface area contributed by atoms with Crippen LogP contribution >= 0.6 is 0 Å². The lowest BCUT2D eigenvalue weighted by Gasteiger charge is -2.27. The van der Waals surface area contributed by atoms with E-state index in [2.05, 4.69) is 4.90 Å². The topological polar surface area (TPSA) is 20.3 Å². The minimum atomic E-state index is -0.990. The van der Waals surface area contributed by atoms with Gasteiger partial charge < -0.3 is 4.90 Å². The first-order valence-corrected chi connectivity index (χ1v) is 9.04. The maximum atomic E-state index is 14.1. The first-order chi connectivity index (χ1) is 11.3. The van der Waals surface area contributed by atoms with Crippen LogP contribution in [0, 0.1) is 17.0 Å². The number of nitrogens with zero attached hydrogens (tertiary/aromatic N) is 1. The fraction of sp³-hybridized carbons (Fsp3) is 0.650. The monoisotopic (exact) mass is 335 g/mol. The summed E-state index contributed by atoms with van der Waals surface area (Å²) in [4.78, 5) is 15.2. The molecule has 0 radical (unpaired) electrons. The third-order valence-corrected chi connectivity index (χ3v) is 5.92. The van der Waals surface area contributed by atoms with E-state index in [1.807, 2.05) is 0 Å². The van der Waals surface area contributed by atoms with E-state index in [1.165, 1.54) is 50.9 Å². The summed E-state index contributed by atoms with van der Waals surface area (Å²) >= 11 is 0. The van der Waals surface area contributed by atoms with Gasteiger partial charge in [-0.15, -0.1) is 0 Å². The lowest BCUT2D eigenvalue weighted by atomic mass is 9.77. The van der Waals surface area contributed by atoms with Crippen LogP contribution < -0.4 is 0 Å². The normalized spacial score (nSPS) is 20.3. The molecule has 0 N–H and O–H groups in total. The Bertz CT molecular complexity index is 616. The Morgan fingerprint density at radius 3 is 2.50 bits per heavy atom. The Kier molecular flexibility index (Phi) is 4.78. The van der Waals surface area contributed by atoms with Crippen molar-refractivity contribution in [3.8, 4) is 0 Å². The van der Waals surface area contributed by atoms with Crippen LogP contribution in [0.5, 0.6) is 0 Å². The standard InChI is InChI=1S/C20H27F2NO/c1-19(2,15-6-5-7-16(21)18(15)22)17(24)8-9-20(10-11-20)14-23-12-3-4-13-23/h5-7H,3-4,8-14H2,1-2H3. The average Bonchev–Trinajstić information content (AvgIpc) is 3.11. The summed E-state index contributed by atoms with van der Waals surface area (Å²) < 4.78 is 27.6. The van der Waals surface area contributed by atoms with Crippen molar-refractivity contribution in [3.05, 3.63) is 35.4 Å². The predicted octanol–water partition coefficient (Wildman–Crippen LogP) is 4.47. The number of carbonyl (C=O) groups is 1. The zero-order chi connectivity index (χ0) is 17.4. The van der Waals surface area contributed by atoms with E-state index in [-0.39, 0.29) is 16.8 Å². The molecule has 3 rings (SSSR count). The van der Waals surface area contributed by atoms with Gasteiger partial charge >= 0.3 is 0 Å². The summed E-state index contributed by atoms with van der Waals surface area (Å²) in [6, 6.07) is 4.08. The van der Waals surface area contributed by atoms with Crippen molar-refractivity contribution in [2.24, 2.45) is 5.41 Å². The van der Waals surface area contributed by atoms with E-state index < -0.39 is 17.0 Å². The molecule has 1 saturated heterocycles. The Balaban J connectivity index is 1.62. The first-order valence-electron chi connectivity index (χ1n) is 9.04. The average molecular weight is 335 g/mol. The number of benzene rings is 1. The van der Waals surface area contributed by atoms with Gasteiger partial charge in [0.2, 0.25) is 0 Å². The Morgan fingerprint density at radius 1 is 1.21 bits per heavy atom. The number of halogens is 2. The van der Waals surface area contributed by atoms with Gasteiger partial charge in [0.15, 0.2) is 11.6 Å². The summed E-state index contributed by atoms with van der Waals surface area (Å²) in [6.45, 7) is 6.85. The van der Waals surface area contributed by atoms with Crippen molar-refractivity contribution in [2.75, 3.05) is 19.6 Å². The van der Waals surface area contributed by atoms with Crippen molar-refractivity contribution in [2.45, 2.75) is 57.8 Å². The number of hydrogen-bond acceptors (Lipinski definition) is 2. The molecule has 0 atom stereocenters. The molecule has 0 bridgehead atoms. The number of ketones is 1. The third kappa shape index (κ3) is 3.53. The van der Waals surface area contributed by atoms with Crippen LogP contribution in [0.1, 0.15) is 57.9 Å². The van der Waals surface area contributed by atoms with Gasteiger partial charge in [-0.05, 0) is 70.5 Å². The highest BCUT2D eigenvalue weighted by molar-refractivity contribution is 5.89. The van der Waals surface area contributed by atoms with Gasteiger partial charge in [-0.3, -0.25) is 4.79 Å². The van der Waals surface area contributed by atoms with Gasteiger partial charge in [-0.25, -0.2) is 8.78 Å². The van der Waals surface area contributed by atoms with Gasteiger partial charge in [0, 0.05) is 18.5 Å². The maximum Gasteiger partial charge on any atom is 0.163 e. The van der Waals surface area contributed by atoms with Gasteiger partial charge in [-0.1, -0.05) is 12.1 Å². The largest absolute Gasteiger partial charge is 0.303 e. The summed E-state index contributed by atoms with van der Waals surface area (Å²) in [5, 5.41) is 0. The number of carbonyl (C=O) groups excluding carboxylic acids is 1. The molecule has 0 spiro atoms. The van der Waals surface area contributed by atoms with Crippen LogP contribution in [0.25, 0.3) is 0 Å². The first kappa shape index (κ1) is 17.5. The minimum Gasteiger partial charge on any atom is -0.303 e. The molecule has 1 aliphatic carbocycles. The molecular formula is C20H27F2NO. The SMILES string of the molecule is CC(C)(C(=O)CCC1(CN2CCCC2)CC1)c1cccc(F)c1F. The molecule has 132 valence electrons. The highest BCUT2D eigenvalue weighted by Crippen LogP contribution is 2.51. The molecule has 0 amide bonds. The van der Waals surface area contributed by atoms with E-state index in [1.54, 1.807) is 13.8 Å². The summed E-state index contributed by atoms with van der Waals surface area (Å²) in [6.07, 6.45) is 6.23. The van der Waals surface area contributed by atoms with Crippen molar-refractivity contribution < 1.29 is 13.6 Å². The molecule has 2 nitrogen and oxygen atoms in total. The van der Waals surface area contributed by atoms with Gasteiger partial charge in [0.05, 0.1) is 5.41 Å². The van der Waals surface area contributed by atoms with Crippen LogP contribution in [0.2, 0.25) is 0 Å². The number of rotatable bonds is 7. The van der Waals surface area contributed by atoms with Crippen molar-refractivity contribution in [1.82, 2.24) is 4.90 Å². The Hall–Kier alpha value is -1.29. The molecule has 1 saturated carbocycles. The smallest absolute Gasteiger partial charge is 0.163 e. The molecular weight excluding hydrogens is 308 g/mol. The zero-order valence-corrected chi connectivity index (χ0v) is 14.7. The van der Waals surface area contributed by atoms with Crippen LogP contribution in [0.3, 0.4) is 0 Å². The molecule has 1 aromatic carbocycles. The Labute approximate surface area is 143 Å². The molecule has 4 heteroatoms. The van der Waals surface area contributed by atoms with Gasteiger partial charge in [0.25, 0.3) is 0 Å². The second-order valence-corrected chi connectivity index (χ2v) is 8.13. The molecule has 24 heavy (non-hydrogen) atoms. The lowest BCUT2D eigenvalue weighted by Crippen LogP contribution is -2.32. The lowest BCUT2D eigenvalue weighted by molar-refractivity contribution is -0.124. The van der Waals surface area contributed by atoms with Crippen molar-refractivity contribution in [1.29, 1.82) is 0 Å². The van der Waals surface area contributed by atoms with Crippen LogP contribution in [-0.2, 0) is 10.2 Å². The fourth-order valence-corrected chi connectivity index (χ4v) is 3.91. The Morgan fingerprint density at radius 2 is 1.88 bits per heavy atom. The molecule has 2 aliphatic rings. The second kappa shape index (κ2) is 6.55. The number of hydrogen-bond donors (Lipinski definition) is 0. The van der Waals surface area contributed by atoms with E-state index >= 15 is 0 Å². The zero-order valence-electron chi connectivity index (χ0n) is 14.7. The van der Waals surface area contributed by atoms with E-state index in [0.717, 1.165) is 19.0 Å². The fourth-order valence-electron chi connectivity index (χ4n) is 3.91. The molecule has 1 aromatic rings. The van der Waals surface area contributed by atoms with Crippen LogP contribution in [-0.4, -0.2) is 30.3 Å². The molecule has 1 heterocycles. The van der Waals surface area contributed by atoms with Crippen molar-refractivity contribution >= 4 is 5.78 Å². The second-order valence-electron chi connectivity index (χ2n) is 8.13. The molecule has 1 aliphatic heterocycles. The quantitative estimate of drug-likeness (QED) is 0.733. The maximum absolute atomic E-state index is 14.1. The number of likely N-dealkylation sites (tertiary alicyclic amines) is 1. The van der Waals surface area contributed by atoms with Gasteiger partial charge in [0.1, 0.15) is 5.78 Å². The summed E-state index contributed by atoms with van der Waals surface area (Å²) in [5.41, 5.74) is -0.538. The minimum absolute atomic E-state index is 0.000281. The summed E-state index contributed by atoms with van der Waals surface area (Å²) in [7, 11) is 0. The van der Waals surface area contributed by atoms with Crippen LogP contribution in [0.4, 0.5) is 8.78 Å². The molecule has 0 unspecified atom stereocenters. The van der Waals surface area contributed by atoms with E-state index in [9.17, 15) is 13.6 Å². The molecule has 2 fully saturated rings. The van der Waals surface area contributed by atoms with E-state index in [4.69, 9.17) is 0 Å². The third-order valence-electron chi connectivity index (χ3n) is 5.92. The van der Waals surface area contributed by atoms with E-state index in [0.29, 0.717) is 6.42 Å².